The molecule has 0 spiro atoms. The summed E-state index contributed by atoms with van der Waals surface area (Å²) in [6.07, 6.45) is 7.26. The molecule has 1 aliphatic rings. The third-order valence-electron chi connectivity index (χ3n) is 6.26. The molecule has 1 unspecified atom stereocenters. The van der Waals surface area contributed by atoms with Crippen LogP contribution in [-0.2, 0) is 50.5 Å². The predicted molar refractivity (Wildman–Crippen MR) is 113 cm³/mol. The van der Waals surface area contributed by atoms with Crippen LogP contribution in [0.15, 0.2) is 24.4 Å². The summed E-state index contributed by atoms with van der Waals surface area (Å²) in [6, 6.07) is 6.43. The minimum atomic E-state index is 0. The van der Waals surface area contributed by atoms with E-state index in [2.05, 4.69) is 50.9 Å². The van der Waals surface area contributed by atoms with Crippen molar-refractivity contribution < 1.29 is 42.0 Å². The molecule has 0 aliphatic carbocycles. The van der Waals surface area contributed by atoms with Gasteiger partial charge in [-0.25, -0.2) is 4.98 Å². The fourth-order valence-corrected chi connectivity index (χ4v) is 5.76. The average Bonchev–Trinajstić information content (AvgIpc) is 3.04. The van der Waals surface area contributed by atoms with E-state index in [1.54, 1.807) is 11.3 Å². The van der Waals surface area contributed by atoms with E-state index in [9.17, 15) is 4.79 Å². The van der Waals surface area contributed by atoms with Crippen LogP contribution in [0.4, 0.5) is 0 Å². The summed E-state index contributed by atoms with van der Waals surface area (Å²) >= 11 is 1.79. The maximum atomic E-state index is 13.5. The van der Waals surface area contributed by atoms with Gasteiger partial charge in [0.05, 0.1) is 23.0 Å². The smallest absolute Gasteiger partial charge is 0.194 e. The Balaban J connectivity index is 0.00000280. The standard InChI is InChI=1S/C23H33N2OS.Y/c1-5-22(23(26)14-21-17(2)10-9-11-18(21)3)25(12-7-6-8-13-25)16-20-15-24-19(4)27-20;/h9-11,15,22H,5-8,12-14,16H2,1-4H3;/q+1;. The summed E-state index contributed by atoms with van der Waals surface area (Å²) in [5.41, 5.74) is 3.70. The molecular weight excluding hydrogens is 441 g/mol. The molecule has 0 amide bonds. The molecule has 0 N–H and O–H groups in total. The number of thiazole rings is 1. The van der Waals surface area contributed by atoms with Gasteiger partial charge in [0.15, 0.2) is 5.78 Å². The monoisotopic (exact) mass is 474 g/mol. The van der Waals surface area contributed by atoms with Gasteiger partial charge in [-0.3, -0.25) is 4.79 Å². The summed E-state index contributed by atoms with van der Waals surface area (Å²) in [5, 5.41) is 1.12. The normalized spacial score (nSPS) is 17.0. The zero-order chi connectivity index (χ0) is 19.4. The largest absolute Gasteiger partial charge is 0.311 e. The maximum absolute atomic E-state index is 13.5. The number of hydrogen-bond donors (Lipinski definition) is 0. The topological polar surface area (TPSA) is 30.0 Å². The third kappa shape index (κ3) is 5.39. The molecule has 1 aromatic heterocycles. The number of carbonyl (C=O) groups is 1. The Morgan fingerprint density at radius 3 is 2.32 bits per heavy atom. The molecule has 149 valence electrons. The van der Waals surface area contributed by atoms with Crippen molar-refractivity contribution in [3.63, 3.8) is 0 Å². The second-order valence-electron chi connectivity index (χ2n) is 8.17. The van der Waals surface area contributed by atoms with Gasteiger partial charge in [-0.15, -0.1) is 11.3 Å². The second kappa shape index (κ2) is 10.6. The predicted octanol–water partition coefficient (Wildman–Crippen LogP) is 5.16. The molecule has 3 nitrogen and oxygen atoms in total. The third-order valence-corrected chi connectivity index (χ3v) is 7.16. The molecule has 28 heavy (non-hydrogen) atoms. The van der Waals surface area contributed by atoms with E-state index in [1.807, 2.05) is 6.20 Å². The van der Waals surface area contributed by atoms with Crippen LogP contribution in [0.5, 0.6) is 0 Å². The minimum Gasteiger partial charge on any atom is -0.311 e. The molecule has 2 aromatic rings. The Bertz CT molecular complexity index is 775. The van der Waals surface area contributed by atoms with Crippen molar-refractivity contribution in [2.75, 3.05) is 13.1 Å². The number of likely N-dealkylation sites (tertiary alicyclic amines) is 1. The molecule has 0 bridgehead atoms. The number of aryl methyl sites for hydroxylation is 3. The zero-order valence-corrected chi connectivity index (χ0v) is 21.5. The van der Waals surface area contributed by atoms with Crippen LogP contribution in [0.1, 0.15) is 59.2 Å². The van der Waals surface area contributed by atoms with E-state index in [0.29, 0.717) is 12.2 Å². The molecule has 1 aromatic carbocycles. The number of nitrogens with zero attached hydrogens (tertiary/aromatic N) is 2. The van der Waals surface area contributed by atoms with Gasteiger partial charge in [0, 0.05) is 51.7 Å². The number of hydrogen-bond acceptors (Lipinski definition) is 3. The Morgan fingerprint density at radius 1 is 1.14 bits per heavy atom. The van der Waals surface area contributed by atoms with Gasteiger partial charge in [-0.2, -0.15) is 0 Å². The Morgan fingerprint density at radius 2 is 1.79 bits per heavy atom. The van der Waals surface area contributed by atoms with Gasteiger partial charge in [0.2, 0.25) is 0 Å². The summed E-state index contributed by atoms with van der Waals surface area (Å²) in [4.78, 5) is 19.3. The summed E-state index contributed by atoms with van der Waals surface area (Å²) in [6.45, 7) is 11.7. The van der Waals surface area contributed by atoms with E-state index in [0.717, 1.165) is 35.5 Å². The van der Waals surface area contributed by atoms with Crippen LogP contribution in [0.3, 0.4) is 0 Å². The number of rotatable bonds is 7. The van der Waals surface area contributed by atoms with Crippen LogP contribution in [0.25, 0.3) is 0 Å². The zero-order valence-electron chi connectivity index (χ0n) is 17.8. The molecule has 1 fully saturated rings. The number of quaternary nitrogens is 1. The van der Waals surface area contributed by atoms with Crippen molar-refractivity contribution in [3.05, 3.63) is 51.0 Å². The maximum Gasteiger partial charge on any atom is 0.194 e. The van der Waals surface area contributed by atoms with Crippen LogP contribution in [0, 0.1) is 20.8 Å². The van der Waals surface area contributed by atoms with E-state index >= 15 is 0 Å². The second-order valence-corrected chi connectivity index (χ2v) is 9.49. The number of piperidine rings is 1. The van der Waals surface area contributed by atoms with E-state index in [1.165, 1.54) is 40.8 Å². The number of carbonyl (C=O) groups excluding carboxylic acids is 1. The first-order valence-corrected chi connectivity index (χ1v) is 11.1. The molecule has 5 heteroatoms. The van der Waals surface area contributed by atoms with Crippen LogP contribution in [0.2, 0.25) is 0 Å². The summed E-state index contributed by atoms with van der Waals surface area (Å²) in [5.74, 6) is 0.415. The minimum absolute atomic E-state index is 0. The first-order valence-electron chi connectivity index (χ1n) is 10.3. The fraction of sp³-hybridized carbons (Fsp3) is 0.565. The number of Topliss-reactive ketones (excluding diaryl/α,β-unsaturated/α-hetero) is 1. The van der Waals surface area contributed by atoms with Gasteiger partial charge in [-0.1, -0.05) is 25.1 Å². The SMILES string of the molecule is CCC(C(=O)Cc1c(C)cccc1C)[N+]1(Cc2cnc(C)s2)CCCCC1.[Y]. The molecule has 3 rings (SSSR count). The van der Waals surface area contributed by atoms with Crippen LogP contribution in [-0.4, -0.2) is 34.4 Å². The van der Waals surface area contributed by atoms with Crippen molar-refractivity contribution >= 4 is 17.1 Å². The summed E-state index contributed by atoms with van der Waals surface area (Å²) in [7, 11) is 0. The van der Waals surface area contributed by atoms with Crippen LogP contribution >= 0.6 is 11.3 Å². The van der Waals surface area contributed by atoms with Crippen molar-refractivity contribution in [2.45, 2.75) is 72.4 Å². The Hall–Kier alpha value is -0.416. The molecule has 2 heterocycles. The van der Waals surface area contributed by atoms with E-state index < -0.39 is 0 Å². The van der Waals surface area contributed by atoms with Crippen LogP contribution < -0.4 is 0 Å². The van der Waals surface area contributed by atoms with Gasteiger partial charge < -0.3 is 4.48 Å². The van der Waals surface area contributed by atoms with E-state index in [-0.39, 0.29) is 38.8 Å². The average molecular weight is 475 g/mol. The van der Waals surface area contributed by atoms with Gasteiger partial charge >= 0.3 is 0 Å². The molecule has 1 aliphatic heterocycles. The Kier molecular flexibility index (Phi) is 9.00. The Labute approximate surface area is 199 Å². The number of benzene rings is 1. The first kappa shape index (κ1) is 23.9. The molecule has 0 saturated carbocycles. The number of ketones is 1. The fourth-order valence-electron chi connectivity index (χ4n) is 4.85. The van der Waals surface area contributed by atoms with Gasteiger partial charge in [-0.05, 0) is 56.7 Å². The number of aromatic nitrogens is 1. The summed E-state index contributed by atoms with van der Waals surface area (Å²) < 4.78 is 0.932. The molecule has 1 saturated heterocycles. The van der Waals surface area contributed by atoms with Crippen molar-refractivity contribution in [3.8, 4) is 0 Å². The first-order chi connectivity index (χ1) is 12.9. The van der Waals surface area contributed by atoms with Crippen molar-refractivity contribution in [1.29, 1.82) is 0 Å². The molecular formula is C23H33N2OSY+. The molecule has 1 radical (unpaired) electrons. The van der Waals surface area contributed by atoms with E-state index in [4.69, 9.17) is 0 Å². The van der Waals surface area contributed by atoms with Crippen molar-refractivity contribution in [1.82, 2.24) is 4.98 Å². The van der Waals surface area contributed by atoms with Crippen molar-refractivity contribution in [2.24, 2.45) is 0 Å². The quantitative estimate of drug-likeness (QED) is 0.519. The van der Waals surface area contributed by atoms with Gasteiger partial charge in [0.1, 0.15) is 12.6 Å². The van der Waals surface area contributed by atoms with Gasteiger partial charge in [0.25, 0.3) is 0 Å². The molecule has 1 atom stereocenters.